The van der Waals surface area contributed by atoms with Gasteiger partial charge in [0.15, 0.2) is 0 Å². The molecule has 0 spiro atoms. The zero-order valence-electron chi connectivity index (χ0n) is 59.9. The molecule has 0 fully saturated rings. The van der Waals surface area contributed by atoms with Crippen LogP contribution in [0.2, 0.25) is 0 Å². The molecule has 5 nitrogen and oxygen atoms in total. The molecule has 20 rings (SSSR count). The summed E-state index contributed by atoms with van der Waals surface area (Å²) in [4.78, 5) is 0. The Bertz CT molecular complexity index is 5850. The normalized spacial score (nSPS) is 12.9. The van der Waals surface area contributed by atoms with E-state index in [1.807, 2.05) is 0 Å². The minimum Gasteiger partial charge on any atom is -0.497 e. The molecule has 18 aromatic rings. The summed E-state index contributed by atoms with van der Waals surface area (Å²) in [5, 5.41) is 20.0. The highest BCUT2D eigenvalue weighted by molar-refractivity contribution is 6.27. The highest BCUT2D eigenvalue weighted by Crippen LogP contribution is 2.62. The third-order valence-electron chi connectivity index (χ3n) is 23.7. The molecule has 2 aliphatic rings. The van der Waals surface area contributed by atoms with Crippen LogP contribution < -0.4 is 18.9 Å². The predicted octanol–water partition coefficient (Wildman–Crippen LogP) is 25.0. The quantitative estimate of drug-likeness (QED) is 0.0713. The van der Waals surface area contributed by atoms with E-state index in [0.29, 0.717) is 12.8 Å². The first-order valence-electron chi connectivity index (χ1n) is 37.1. The summed E-state index contributed by atoms with van der Waals surface area (Å²) in [5.74, 6) is 2.62. The van der Waals surface area contributed by atoms with Gasteiger partial charge in [0, 0.05) is 11.8 Å². The first-order valence-corrected chi connectivity index (χ1v) is 37.1. The molecule has 0 aromatic heterocycles. The fraction of sp³-hybridized carbons (Fsp3) is 0.0980. The van der Waals surface area contributed by atoms with Gasteiger partial charge in [-0.1, -0.05) is 291 Å². The topological polar surface area (TPSA) is 46.2 Å². The summed E-state index contributed by atoms with van der Waals surface area (Å²) in [7, 11) is 6.95. The second-order valence-electron chi connectivity index (χ2n) is 28.7. The van der Waals surface area contributed by atoms with Crippen molar-refractivity contribution in [1.29, 1.82) is 0 Å². The zero-order valence-corrected chi connectivity index (χ0v) is 59.9. The van der Waals surface area contributed by atoms with Crippen molar-refractivity contribution < 1.29 is 23.7 Å². The molecule has 18 aromatic carbocycles. The second-order valence-corrected chi connectivity index (χ2v) is 28.7. The Morgan fingerprint density at radius 3 is 0.617 bits per heavy atom. The van der Waals surface area contributed by atoms with Crippen molar-refractivity contribution in [2.75, 3.05) is 28.4 Å². The third kappa shape index (κ3) is 9.67. The number of benzene rings is 18. The third-order valence-corrected chi connectivity index (χ3v) is 23.7. The molecule has 0 N–H and O–H groups in total. The predicted molar refractivity (Wildman–Crippen MR) is 441 cm³/mol. The summed E-state index contributed by atoms with van der Waals surface area (Å²) in [6, 6.07) is 125. The van der Waals surface area contributed by atoms with Gasteiger partial charge in [-0.15, -0.1) is 0 Å². The minimum absolute atomic E-state index is 0.137. The van der Waals surface area contributed by atoms with Gasteiger partial charge in [0.2, 0.25) is 0 Å². The maximum Gasteiger partial charge on any atom is 0.146 e. The molecule has 0 aliphatic heterocycles. The maximum absolute atomic E-state index is 9.47. The van der Waals surface area contributed by atoms with Gasteiger partial charge in [0.1, 0.15) is 34.2 Å². The Morgan fingerprint density at radius 1 is 0.206 bits per heavy atom. The fourth-order valence-corrected chi connectivity index (χ4v) is 19.3. The molecule has 512 valence electrons. The van der Waals surface area contributed by atoms with Gasteiger partial charge in [-0.25, -0.2) is 0 Å². The fourth-order valence-electron chi connectivity index (χ4n) is 19.3. The minimum atomic E-state index is -1.49. The average molecular weight is 1380 g/mol. The van der Waals surface area contributed by atoms with Crippen LogP contribution in [-0.2, 0) is 28.8 Å². The molecule has 0 atom stereocenters. The number of hydrogen-bond acceptors (Lipinski definition) is 5. The van der Waals surface area contributed by atoms with Crippen molar-refractivity contribution in [3.8, 4) is 45.3 Å². The van der Waals surface area contributed by atoms with Crippen molar-refractivity contribution in [2.24, 2.45) is 0 Å². The van der Waals surface area contributed by atoms with Crippen molar-refractivity contribution in [1.82, 2.24) is 0 Å². The first-order chi connectivity index (χ1) is 52.9. The number of rotatable bonds is 16. The van der Waals surface area contributed by atoms with Gasteiger partial charge < -0.3 is 23.7 Å². The number of methoxy groups -OCH3 is 4. The summed E-state index contributed by atoms with van der Waals surface area (Å²) in [6.45, 7) is 0. The smallest absolute Gasteiger partial charge is 0.146 e. The average Bonchev–Trinajstić information content (AvgIpc) is 1.57. The maximum atomic E-state index is 9.47. The highest BCUT2D eigenvalue weighted by atomic mass is 16.5. The lowest BCUT2D eigenvalue weighted by atomic mass is 9.71. The van der Waals surface area contributed by atoms with E-state index >= 15 is 0 Å². The van der Waals surface area contributed by atoms with Crippen molar-refractivity contribution in [3.63, 3.8) is 0 Å². The van der Waals surface area contributed by atoms with E-state index in [9.17, 15) is 4.74 Å². The summed E-state index contributed by atoms with van der Waals surface area (Å²) in [6.07, 6.45) is 1.22. The van der Waals surface area contributed by atoms with E-state index in [1.54, 1.807) is 28.4 Å². The van der Waals surface area contributed by atoms with Crippen molar-refractivity contribution in [3.05, 3.63) is 406 Å². The van der Waals surface area contributed by atoms with Crippen LogP contribution in [0.15, 0.2) is 340 Å². The summed E-state index contributed by atoms with van der Waals surface area (Å²) >= 11 is 0. The number of hydrogen-bond donors (Lipinski definition) is 0. The van der Waals surface area contributed by atoms with E-state index < -0.39 is 11.2 Å². The molecule has 0 saturated carbocycles. The molecule has 2 aliphatic carbocycles. The van der Waals surface area contributed by atoms with Gasteiger partial charge >= 0.3 is 0 Å². The lowest BCUT2D eigenvalue weighted by Crippen LogP contribution is -2.45. The van der Waals surface area contributed by atoms with E-state index in [2.05, 4.69) is 340 Å². The highest BCUT2D eigenvalue weighted by Gasteiger charge is 2.52. The summed E-state index contributed by atoms with van der Waals surface area (Å²) < 4.78 is 34.0. The molecule has 0 amide bonds. The van der Waals surface area contributed by atoms with Gasteiger partial charge in [-0.3, -0.25) is 0 Å². The van der Waals surface area contributed by atoms with Gasteiger partial charge in [-0.05, 0) is 237 Å². The van der Waals surface area contributed by atoms with E-state index in [4.69, 9.17) is 18.9 Å². The van der Waals surface area contributed by atoms with Crippen LogP contribution >= 0.6 is 0 Å². The van der Waals surface area contributed by atoms with E-state index in [1.165, 1.54) is 131 Å². The standard InChI is InChI=1S/C102H74O5/c1-103-69-53-45-65(46-54-69)101(66-47-55-70(104-2)56-48-66,91-43-23-5-25-63(91)61-89-93-81-35-15-7-27-73(81)77-31-11-19-39-85(77)97(93)98-86-40-20-12-32-78(86)74-28-8-16-36-82(74)94(89)98)107-102(67-49-57-71(105-3)58-50-67,68-51-59-72(106-4)60-52-68)92-44-24-6-26-64(92)62-90-95-83-37-17-9-29-75(83)79-33-13-21-41-87(79)99(95)100-88-42-22-14-34-80(88)76-30-10-18-38-84(76)96(90)100/h5-60,89-90H,61-62H2,1-4H3. The zero-order chi connectivity index (χ0) is 71.5. The molecule has 0 heterocycles. The Hall–Kier alpha value is -12.8. The molecule has 107 heavy (non-hydrogen) atoms. The van der Waals surface area contributed by atoms with Crippen molar-refractivity contribution in [2.45, 2.75) is 35.9 Å². The van der Waals surface area contributed by atoms with Gasteiger partial charge in [-0.2, -0.15) is 0 Å². The monoisotopic (exact) mass is 1380 g/mol. The van der Waals surface area contributed by atoms with Crippen LogP contribution in [-0.4, -0.2) is 28.4 Å². The Balaban J connectivity index is 0.895. The van der Waals surface area contributed by atoms with Crippen LogP contribution in [0.1, 0.15) is 78.6 Å². The molecule has 0 bridgehead atoms. The summed E-state index contributed by atoms with van der Waals surface area (Å²) in [5.41, 5.74) is 15.4. The van der Waals surface area contributed by atoms with E-state index in [0.717, 1.165) is 67.5 Å². The van der Waals surface area contributed by atoms with Crippen LogP contribution in [0.25, 0.3) is 108 Å². The largest absolute Gasteiger partial charge is 0.497 e. The molecule has 5 heteroatoms. The lowest BCUT2D eigenvalue weighted by molar-refractivity contribution is -0.0818. The van der Waals surface area contributed by atoms with E-state index in [-0.39, 0.29) is 11.8 Å². The molecule has 0 saturated heterocycles. The van der Waals surface area contributed by atoms with Gasteiger partial charge in [0.25, 0.3) is 0 Å². The first kappa shape index (κ1) is 63.9. The Kier molecular flexibility index (Phi) is 15.2. The molecule has 0 radical (unpaired) electrons. The molecular weight excluding hydrogens is 1310 g/mol. The Labute approximate surface area is 622 Å². The number of fused-ring (bicyclic) bond motifs is 26. The Morgan fingerprint density at radius 2 is 0.393 bits per heavy atom. The lowest BCUT2D eigenvalue weighted by Gasteiger charge is -2.47. The SMILES string of the molecule is COc1ccc(C(OC(c2ccc(OC)cc2)(c2ccc(OC)cc2)c2ccccc2CC2c3c(c4ccccc4c4ccccc34)-c3c2c2ccccc2c2ccccc32)(c2ccc(OC)cc2)c2ccccc2CC2c3c(c4ccccc4c4ccccc34)-c3c2c2ccccc2c2ccccc32)cc1. The van der Waals surface area contributed by atoms with Crippen LogP contribution in [0.3, 0.4) is 0 Å². The van der Waals surface area contributed by atoms with Crippen LogP contribution in [0, 0.1) is 0 Å². The second kappa shape index (κ2) is 25.5. The van der Waals surface area contributed by atoms with Crippen molar-refractivity contribution >= 4 is 86.2 Å². The molecular formula is C102H74O5. The number of ether oxygens (including phenoxy) is 5. The van der Waals surface area contributed by atoms with Crippen LogP contribution in [0.5, 0.6) is 23.0 Å². The van der Waals surface area contributed by atoms with Crippen LogP contribution in [0.4, 0.5) is 0 Å². The molecule has 0 unspecified atom stereocenters. The van der Waals surface area contributed by atoms with Gasteiger partial charge in [0.05, 0.1) is 28.4 Å².